The van der Waals surface area contributed by atoms with Crippen LogP contribution in [-0.2, 0) is 9.53 Å². The Labute approximate surface area is 220 Å². The van der Waals surface area contributed by atoms with Crippen LogP contribution in [0.25, 0.3) is 0 Å². The number of carbonyl (C=O) groups is 2. The lowest BCUT2D eigenvalue weighted by Gasteiger charge is -2.30. The summed E-state index contributed by atoms with van der Waals surface area (Å²) < 4.78 is 16.7. The molecule has 1 saturated heterocycles. The summed E-state index contributed by atoms with van der Waals surface area (Å²) in [6, 6.07) is 11.6. The maximum Gasteiger partial charge on any atom is 0.270 e. The molecule has 2 N–H and O–H groups in total. The minimum absolute atomic E-state index is 0.138. The summed E-state index contributed by atoms with van der Waals surface area (Å²) >= 11 is 0. The summed E-state index contributed by atoms with van der Waals surface area (Å²) in [7, 11) is 1.60. The van der Waals surface area contributed by atoms with Crippen molar-refractivity contribution in [2.75, 3.05) is 31.8 Å². The normalized spacial score (nSPS) is 14.2. The molecular formula is C28H28N4O6. The molecule has 1 aromatic carbocycles. The molecule has 0 radical (unpaired) electrons. The van der Waals surface area contributed by atoms with E-state index in [9.17, 15) is 14.7 Å². The zero-order valence-electron chi connectivity index (χ0n) is 21.3. The number of anilines is 1. The molecule has 0 saturated carbocycles. The quantitative estimate of drug-likeness (QED) is 0.329. The highest BCUT2D eigenvalue weighted by Gasteiger charge is 2.33. The molecule has 1 fully saturated rings. The Balaban J connectivity index is 1.37. The Morgan fingerprint density at radius 1 is 1.24 bits per heavy atom. The molecule has 2 amide bonds. The van der Waals surface area contributed by atoms with Crippen LogP contribution in [-0.4, -0.2) is 65.9 Å². The van der Waals surface area contributed by atoms with Crippen molar-refractivity contribution in [3.63, 3.8) is 0 Å². The Kier molecular flexibility index (Phi) is 8.21. The largest absolute Gasteiger partial charge is 0.489 e. The Bertz CT molecular complexity index is 1360. The van der Waals surface area contributed by atoms with Crippen LogP contribution in [0.3, 0.4) is 0 Å². The minimum atomic E-state index is -1.14. The number of rotatable bonds is 9. The second-order valence-corrected chi connectivity index (χ2v) is 8.97. The van der Waals surface area contributed by atoms with Crippen LogP contribution in [0, 0.1) is 18.8 Å². The molecule has 0 bridgehead atoms. The lowest BCUT2D eigenvalue weighted by atomic mass is 10.0. The summed E-state index contributed by atoms with van der Waals surface area (Å²) in [5.74, 6) is 6.77. The van der Waals surface area contributed by atoms with E-state index in [4.69, 9.17) is 14.2 Å². The van der Waals surface area contributed by atoms with Gasteiger partial charge in [0.2, 0.25) is 6.41 Å². The van der Waals surface area contributed by atoms with E-state index in [1.807, 2.05) is 13.0 Å². The smallest absolute Gasteiger partial charge is 0.270 e. The van der Waals surface area contributed by atoms with Crippen molar-refractivity contribution in [2.24, 2.45) is 0 Å². The predicted octanol–water partition coefficient (Wildman–Crippen LogP) is 2.48. The van der Waals surface area contributed by atoms with Gasteiger partial charge in [0.15, 0.2) is 5.60 Å². The van der Waals surface area contributed by atoms with Gasteiger partial charge in [-0.15, -0.1) is 0 Å². The first-order valence-corrected chi connectivity index (χ1v) is 11.9. The first kappa shape index (κ1) is 26.6. The van der Waals surface area contributed by atoms with E-state index in [1.165, 1.54) is 11.1 Å². The van der Waals surface area contributed by atoms with Gasteiger partial charge in [0.05, 0.1) is 31.1 Å². The third-order valence-corrected chi connectivity index (χ3v) is 5.57. The molecule has 1 aliphatic rings. The van der Waals surface area contributed by atoms with Crippen LogP contribution in [0.4, 0.5) is 5.69 Å². The highest BCUT2D eigenvalue weighted by molar-refractivity contribution is 5.92. The summed E-state index contributed by atoms with van der Waals surface area (Å²) in [5.41, 5.74) is 1.03. The van der Waals surface area contributed by atoms with E-state index >= 15 is 0 Å². The number of pyridine rings is 2. The molecule has 1 atom stereocenters. The zero-order chi connectivity index (χ0) is 27.1. The monoisotopic (exact) mass is 516 g/mol. The lowest BCUT2D eigenvalue weighted by molar-refractivity contribution is -0.140. The first-order chi connectivity index (χ1) is 18.2. The molecule has 4 rings (SSSR count). The van der Waals surface area contributed by atoms with Crippen LogP contribution in [0.2, 0.25) is 0 Å². The van der Waals surface area contributed by atoms with Gasteiger partial charge in [0.25, 0.3) is 5.91 Å². The Morgan fingerprint density at radius 3 is 2.74 bits per heavy atom. The van der Waals surface area contributed by atoms with E-state index in [2.05, 4.69) is 27.1 Å². The number of nitrogens with one attached hydrogen (secondary N) is 1. The van der Waals surface area contributed by atoms with E-state index in [1.54, 1.807) is 56.6 Å². The number of nitrogens with zero attached hydrogens (tertiary/aromatic N) is 3. The van der Waals surface area contributed by atoms with Gasteiger partial charge < -0.3 is 29.5 Å². The topological polar surface area (TPSA) is 123 Å². The molecule has 3 aromatic rings. The molecule has 3 heterocycles. The van der Waals surface area contributed by atoms with E-state index in [-0.39, 0.29) is 37.5 Å². The molecule has 196 valence electrons. The van der Waals surface area contributed by atoms with Crippen molar-refractivity contribution in [1.29, 1.82) is 0 Å². The van der Waals surface area contributed by atoms with E-state index < -0.39 is 5.60 Å². The fourth-order valence-electron chi connectivity index (χ4n) is 3.41. The fourth-order valence-corrected chi connectivity index (χ4v) is 3.41. The number of hydrogen-bond donors (Lipinski definition) is 2. The first-order valence-electron chi connectivity index (χ1n) is 11.9. The predicted molar refractivity (Wildman–Crippen MR) is 139 cm³/mol. The Hall–Kier alpha value is -4.46. The summed E-state index contributed by atoms with van der Waals surface area (Å²) in [5, 5.41) is 13.0. The number of carbonyl (C=O) groups excluding carboxylic acids is 2. The molecule has 10 heteroatoms. The highest BCUT2D eigenvalue weighted by atomic mass is 16.5. The number of aromatic nitrogens is 2. The van der Waals surface area contributed by atoms with E-state index in [0.29, 0.717) is 34.9 Å². The van der Waals surface area contributed by atoms with Crippen LogP contribution < -0.4 is 19.7 Å². The van der Waals surface area contributed by atoms with Crippen LogP contribution in [0.5, 0.6) is 17.2 Å². The molecule has 2 aromatic heterocycles. The third-order valence-electron chi connectivity index (χ3n) is 5.57. The lowest BCUT2D eigenvalue weighted by Crippen LogP contribution is -2.48. The number of aryl methyl sites for hydroxylation is 1. The van der Waals surface area contributed by atoms with Crippen molar-refractivity contribution < 1.29 is 28.9 Å². The van der Waals surface area contributed by atoms with Gasteiger partial charge in [-0.2, -0.15) is 0 Å². The second kappa shape index (κ2) is 11.7. The van der Waals surface area contributed by atoms with Gasteiger partial charge in [0, 0.05) is 30.6 Å². The standard InChI is InChI=1S/C28H28N4O6/c1-19-4-6-23(14-30-19)38-22-9-11-29-24(13-22)27(34)31-20(2)15-37-26-7-5-21(12-25(26)32(3)18-33)8-10-28(35)16-36-17-28/h4-7,9,11-14,18,20,35H,15-17H2,1-3H3,(H,31,34). The molecule has 10 nitrogen and oxygen atoms in total. The van der Waals surface area contributed by atoms with Gasteiger partial charge in [-0.25, -0.2) is 0 Å². The number of ether oxygens (including phenoxy) is 3. The summed E-state index contributed by atoms with van der Waals surface area (Å²) in [4.78, 5) is 33.9. The maximum atomic E-state index is 12.8. The fraction of sp³-hybridized carbons (Fsp3) is 0.286. The zero-order valence-corrected chi connectivity index (χ0v) is 21.3. The van der Waals surface area contributed by atoms with Crippen molar-refractivity contribution in [3.05, 3.63) is 71.8 Å². The molecule has 38 heavy (non-hydrogen) atoms. The van der Waals surface area contributed by atoms with Crippen LogP contribution in [0.1, 0.15) is 28.7 Å². The molecule has 1 unspecified atom stereocenters. The number of amides is 2. The second-order valence-electron chi connectivity index (χ2n) is 8.97. The molecule has 0 aliphatic carbocycles. The average molecular weight is 517 g/mol. The number of hydrogen-bond acceptors (Lipinski definition) is 8. The number of benzene rings is 1. The van der Waals surface area contributed by atoms with Crippen LogP contribution >= 0.6 is 0 Å². The molecular weight excluding hydrogens is 488 g/mol. The van der Waals surface area contributed by atoms with Gasteiger partial charge in [0.1, 0.15) is 29.5 Å². The van der Waals surface area contributed by atoms with Gasteiger partial charge in [-0.05, 0) is 50.2 Å². The summed E-state index contributed by atoms with van der Waals surface area (Å²) in [6.07, 6.45) is 3.76. The minimum Gasteiger partial charge on any atom is -0.489 e. The molecule has 1 aliphatic heterocycles. The van der Waals surface area contributed by atoms with Crippen molar-refractivity contribution in [2.45, 2.75) is 25.5 Å². The van der Waals surface area contributed by atoms with Gasteiger partial charge in [-0.3, -0.25) is 19.6 Å². The van der Waals surface area contributed by atoms with Crippen LogP contribution in [0.15, 0.2) is 54.9 Å². The molecule has 0 spiro atoms. The van der Waals surface area contributed by atoms with Crippen molar-refractivity contribution in [3.8, 4) is 29.1 Å². The maximum absolute atomic E-state index is 12.8. The SMILES string of the molecule is Cc1ccc(Oc2ccnc(C(=O)NC(C)COc3ccc(C#CC4(O)COC4)cc3N(C)C=O)c2)cn1. The highest BCUT2D eigenvalue weighted by Crippen LogP contribution is 2.28. The average Bonchev–Trinajstić information content (AvgIpc) is 2.90. The van der Waals surface area contributed by atoms with Crippen molar-refractivity contribution in [1.82, 2.24) is 15.3 Å². The Morgan fingerprint density at radius 2 is 2.05 bits per heavy atom. The third kappa shape index (κ3) is 6.85. The van der Waals surface area contributed by atoms with Gasteiger partial charge >= 0.3 is 0 Å². The van der Waals surface area contributed by atoms with E-state index in [0.717, 1.165) is 5.69 Å². The van der Waals surface area contributed by atoms with Gasteiger partial charge in [-0.1, -0.05) is 11.8 Å². The summed E-state index contributed by atoms with van der Waals surface area (Å²) in [6.45, 7) is 4.15. The number of aliphatic hydroxyl groups is 1. The van der Waals surface area contributed by atoms with Crippen molar-refractivity contribution >= 4 is 18.0 Å².